The van der Waals surface area contributed by atoms with Crippen molar-refractivity contribution < 1.29 is 17.9 Å². The lowest BCUT2D eigenvalue weighted by Gasteiger charge is -2.12. The lowest BCUT2D eigenvalue weighted by atomic mass is 10.1. The molecular formula is C9H5F3N4O. The molecule has 1 rings (SSSR count). The number of anilines is 1. The maximum absolute atomic E-state index is 12.0. The number of nitrogens with two attached hydrogens (primary N) is 1. The van der Waals surface area contributed by atoms with Crippen LogP contribution in [0, 0.1) is 22.7 Å². The van der Waals surface area contributed by atoms with E-state index in [1.165, 1.54) is 0 Å². The van der Waals surface area contributed by atoms with Gasteiger partial charge in [-0.05, 0) is 11.6 Å². The van der Waals surface area contributed by atoms with Gasteiger partial charge in [0, 0.05) is 0 Å². The molecule has 88 valence electrons. The molecule has 8 heteroatoms. The van der Waals surface area contributed by atoms with Gasteiger partial charge in [0.1, 0.15) is 11.8 Å². The second-order valence-corrected chi connectivity index (χ2v) is 2.88. The average Bonchev–Trinajstić information content (AvgIpc) is 2.22. The summed E-state index contributed by atoms with van der Waals surface area (Å²) in [5, 5.41) is 17.0. The summed E-state index contributed by atoms with van der Waals surface area (Å²) in [6.07, 6.45) is -5.20. The minimum Gasteiger partial charge on any atom is -0.394 e. The van der Waals surface area contributed by atoms with Gasteiger partial charge in [0.15, 0.2) is 0 Å². The Balaban J connectivity index is 3.26. The van der Waals surface area contributed by atoms with Crippen molar-refractivity contribution in [3.63, 3.8) is 0 Å². The van der Waals surface area contributed by atoms with Gasteiger partial charge in [-0.3, -0.25) is 0 Å². The molecule has 0 aliphatic heterocycles. The monoisotopic (exact) mass is 242 g/mol. The van der Waals surface area contributed by atoms with Crippen LogP contribution in [0.1, 0.15) is 11.3 Å². The van der Waals surface area contributed by atoms with Gasteiger partial charge in [0.25, 0.3) is 0 Å². The number of halogens is 3. The smallest absolute Gasteiger partial charge is 0.394 e. The Hall–Kier alpha value is -2.48. The summed E-state index contributed by atoms with van der Waals surface area (Å²) in [6.45, 7) is 0. The molecule has 0 unspecified atom stereocenters. The molecule has 0 aliphatic rings. The Morgan fingerprint density at radius 2 is 2.06 bits per heavy atom. The molecule has 0 spiro atoms. The van der Waals surface area contributed by atoms with Crippen LogP contribution in [-0.4, -0.2) is 11.3 Å². The molecule has 0 saturated heterocycles. The molecule has 1 aromatic rings. The van der Waals surface area contributed by atoms with Crippen molar-refractivity contribution in [1.29, 1.82) is 10.5 Å². The summed E-state index contributed by atoms with van der Waals surface area (Å²) in [6, 6.07) is 4.41. The number of nitrogen functional groups attached to an aromatic ring is 1. The average molecular weight is 242 g/mol. The first kappa shape index (κ1) is 12.6. The van der Waals surface area contributed by atoms with E-state index in [-0.39, 0.29) is 17.7 Å². The van der Waals surface area contributed by atoms with Crippen LogP contribution in [0.5, 0.6) is 5.88 Å². The quantitative estimate of drug-likeness (QED) is 0.847. The Bertz CT molecular complexity index is 513. The first-order valence-corrected chi connectivity index (χ1v) is 4.19. The molecule has 17 heavy (non-hydrogen) atoms. The Labute approximate surface area is 93.8 Å². The Morgan fingerprint density at radius 3 is 2.53 bits per heavy atom. The third-order valence-corrected chi connectivity index (χ3v) is 1.71. The van der Waals surface area contributed by atoms with Gasteiger partial charge in [-0.2, -0.15) is 10.5 Å². The van der Waals surface area contributed by atoms with Crippen LogP contribution in [0.25, 0.3) is 0 Å². The maximum Gasteiger partial charge on any atom is 0.574 e. The number of aromatic nitrogens is 1. The lowest BCUT2D eigenvalue weighted by Crippen LogP contribution is -2.19. The maximum atomic E-state index is 12.0. The van der Waals surface area contributed by atoms with Gasteiger partial charge < -0.3 is 10.5 Å². The van der Waals surface area contributed by atoms with Crippen molar-refractivity contribution in [2.45, 2.75) is 12.8 Å². The predicted octanol–water partition coefficient (Wildman–Crippen LogP) is 1.50. The molecule has 0 saturated carbocycles. The minimum absolute atomic E-state index is 0.0679. The lowest BCUT2D eigenvalue weighted by molar-refractivity contribution is -0.275. The number of pyridine rings is 1. The summed E-state index contributed by atoms with van der Waals surface area (Å²) in [5.41, 5.74) is 4.72. The van der Waals surface area contributed by atoms with Crippen molar-refractivity contribution in [1.82, 2.24) is 4.98 Å². The number of ether oxygens (including phenoxy) is 1. The van der Waals surface area contributed by atoms with Crippen LogP contribution in [0.2, 0.25) is 0 Å². The molecule has 1 heterocycles. The molecule has 0 fully saturated rings. The van der Waals surface area contributed by atoms with E-state index in [0.717, 1.165) is 6.07 Å². The number of alkyl halides is 3. The van der Waals surface area contributed by atoms with Crippen molar-refractivity contribution in [3.05, 3.63) is 17.3 Å². The molecule has 0 bridgehead atoms. The highest BCUT2D eigenvalue weighted by Gasteiger charge is 2.33. The van der Waals surface area contributed by atoms with Crippen molar-refractivity contribution in [3.8, 4) is 18.0 Å². The molecule has 0 aromatic carbocycles. The second kappa shape index (κ2) is 4.58. The van der Waals surface area contributed by atoms with Gasteiger partial charge in [-0.25, -0.2) is 4.98 Å². The Kier molecular flexibility index (Phi) is 3.39. The molecule has 1 aromatic heterocycles. The molecule has 0 aliphatic carbocycles. The normalized spacial score (nSPS) is 10.4. The van der Waals surface area contributed by atoms with E-state index in [0.29, 0.717) is 0 Å². The summed E-state index contributed by atoms with van der Waals surface area (Å²) < 4.78 is 39.6. The number of nitrogens with zero attached hydrogens (tertiary/aromatic N) is 3. The largest absolute Gasteiger partial charge is 0.574 e. The molecule has 0 radical (unpaired) electrons. The van der Waals surface area contributed by atoms with Crippen LogP contribution in [0.3, 0.4) is 0 Å². The van der Waals surface area contributed by atoms with Crippen LogP contribution in [0.15, 0.2) is 6.07 Å². The number of hydrogen-bond acceptors (Lipinski definition) is 5. The zero-order valence-corrected chi connectivity index (χ0v) is 8.25. The first-order valence-electron chi connectivity index (χ1n) is 4.19. The third-order valence-electron chi connectivity index (χ3n) is 1.71. The minimum atomic E-state index is -4.96. The van der Waals surface area contributed by atoms with E-state index >= 15 is 0 Å². The van der Waals surface area contributed by atoms with Crippen LogP contribution < -0.4 is 10.5 Å². The predicted molar refractivity (Wildman–Crippen MR) is 49.4 cm³/mol. The highest BCUT2D eigenvalue weighted by molar-refractivity contribution is 5.57. The molecular weight excluding hydrogens is 237 g/mol. The van der Waals surface area contributed by atoms with E-state index in [4.69, 9.17) is 16.3 Å². The van der Waals surface area contributed by atoms with Crippen LogP contribution in [-0.2, 0) is 6.42 Å². The van der Waals surface area contributed by atoms with E-state index in [1.54, 1.807) is 12.1 Å². The number of rotatable bonds is 2. The van der Waals surface area contributed by atoms with Crippen molar-refractivity contribution >= 4 is 5.69 Å². The zero-order valence-electron chi connectivity index (χ0n) is 8.25. The zero-order chi connectivity index (χ0) is 13.1. The van der Waals surface area contributed by atoms with Gasteiger partial charge in [-0.15, -0.1) is 13.2 Å². The summed E-state index contributed by atoms with van der Waals surface area (Å²) >= 11 is 0. The highest BCUT2D eigenvalue weighted by Crippen LogP contribution is 2.29. The molecule has 2 N–H and O–H groups in total. The fourth-order valence-electron chi connectivity index (χ4n) is 1.06. The van der Waals surface area contributed by atoms with Gasteiger partial charge in [0.05, 0.1) is 18.2 Å². The van der Waals surface area contributed by atoms with Gasteiger partial charge in [-0.1, -0.05) is 0 Å². The highest BCUT2D eigenvalue weighted by atomic mass is 19.4. The van der Waals surface area contributed by atoms with Crippen LogP contribution >= 0.6 is 0 Å². The number of nitriles is 2. The standard InChI is InChI=1S/C9H5F3N4O/c10-9(11,12)17-8-7(15)5(1-2-13)3-6(4-14)16-8/h3H,1,15H2. The number of hydrogen-bond donors (Lipinski definition) is 1. The third kappa shape index (κ3) is 3.24. The van der Waals surface area contributed by atoms with E-state index in [1.807, 2.05) is 0 Å². The second-order valence-electron chi connectivity index (χ2n) is 2.88. The topological polar surface area (TPSA) is 95.7 Å². The van der Waals surface area contributed by atoms with Crippen LogP contribution in [0.4, 0.5) is 18.9 Å². The van der Waals surface area contributed by atoms with Crippen molar-refractivity contribution in [2.24, 2.45) is 0 Å². The summed E-state index contributed by atoms with van der Waals surface area (Å²) in [5.74, 6) is -0.915. The first-order chi connectivity index (χ1) is 7.87. The fraction of sp³-hybridized carbons (Fsp3) is 0.222. The van der Waals surface area contributed by atoms with Gasteiger partial charge in [0.2, 0.25) is 5.88 Å². The molecule has 5 nitrogen and oxygen atoms in total. The molecule has 0 atom stereocenters. The fourth-order valence-corrected chi connectivity index (χ4v) is 1.06. The molecule has 0 amide bonds. The summed E-state index contributed by atoms with van der Waals surface area (Å²) in [7, 11) is 0. The van der Waals surface area contributed by atoms with E-state index in [2.05, 4.69) is 9.72 Å². The van der Waals surface area contributed by atoms with Gasteiger partial charge >= 0.3 is 6.36 Å². The SMILES string of the molecule is N#CCc1cc(C#N)nc(OC(F)(F)F)c1N. The van der Waals surface area contributed by atoms with E-state index < -0.39 is 17.9 Å². The Morgan fingerprint density at radius 1 is 1.41 bits per heavy atom. The van der Waals surface area contributed by atoms with E-state index in [9.17, 15) is 13.2 Å². The summed E-state index contributed by atoms with van der Waals surface area (Å²) in [4.78, 5) is 3.28. The van der Waals surface area contributed by atoms with Crippen molar-refractivity contribution in [2.75, 3.05) is 5.73 Å².